The standard InChI is InChI=1S/C22H24ClN3O4/c1-4-6-11-29-20-17(23)12-15(13-19(20)28-5-2)22(27)25-18-10-8-7-9-16(18)21-24-14(3)30-26-21/h7-10,12-13H,4-6,11H2,1-3H3,(H,25,27). The van der Waals surface area contributed by atoms with Crippen LogP contribution in [-0.2, 0) is 0 Å². The summed E-state index contributed by atoms with van der Waals surface area (Å²) in [4.78, 5) is 17.2. The number of unbranched alkanes of at least 4 members (excludes halogenated alkanes) is 1. The molecule has 0 atom stereocenters. The van der Waals surface area contributed by atoms with Crippen molar-refractivity contribution >= 4 is 23.2 Å². The fraction of sp³-hybridized carbons (Fsp3) is 0.318. The predicted octanol–water partition coefficient (Wildman–Crippen LogP) is 5.53. The van der Waals surface area contributed by atoms with E-state index in [4.69, 9.17) is 25.6 Å². The maximum atomic E-state index is 13.0. The van der Waals surface area contributed by atoms with Crippen molar-refractivity contribution < 1.29 is 18.8 Å². The van der Waals surface area contributed by atoms with E-state index in [1.54, 1.807) is 25.1 Å². The minimum absolute atomic E-state index is 0.323. The average molecular weight is 430 g/mol. The number of nitrogens with one attached hydrogen (secondary N) is 1. The summed E-state index contributed by atoms with van der Waals surface area (Å²) < 4.78 is 16.5. The molecule has 0 aliphatic heterocycles. The first-order chi connectivity index (χ1) is 14.5. The molecule has 1 aromatic heterocycles. The largest absolute Gasteiger partial charge is 0.490 e. The van der Waals surface area contributed by atoms with Crippen LogP contribution in [0.25, 0.3) is 11.4 Å². The molecule has 0 fully saturated rings. The Hall–Kier alpha value is -3.06. The Morgan fingerprint density at radius 2 is 2.00 bits per heavy atom. The summed E-state index contributed by atoms with van der Waals surface area (Å²) in [5, 5.41) is 7.14. The number of para-hydroxylation sites is 1. The number of halogens is 1. The summed E-state index contributed by atoms with van der Waals surface area (Å²) in [6, 6.07) is 10.4. The first-order valence-electron chi connectivity index (χ1n) is 9.83. The molecule has 0 saturated carbocycles. The molecule has 3 rings (SSSR count). The minimum atomic E-state index is -0.342. The highest BCUT2D eigenvalue weighted by atomic mass is 35.5. The van der Waals surface area contributed by atoms with Crippen LogP contribution in [-0.4, -0.2) is 29.3 Å². The second-order valence-electron chi connectivity index (χ2n) is 6.56. The number of hydrogen-bond donors (Lipinski definition) is 1. The highest BCUT2D eigenvalue weighted by molar-refractivity contribution is 6.32. The lowest BCUT2D eigenvalue weighted by molar-refractivity contribution is 0.102. The van der Waals surface area contributed by atoms with Crippen molar-refractivity contribution in [1.29, 1.82) is 0 Å². The van der Waals surface area contributed by atoms with Crippen molar-refractivity contribution in [2.24, 2.45) is 0 Å². The molecule has 158 valence electrons. The van der Waals surface area contributed by atoms with Crippen LogP contribution in [0.1, 0.15) is 42.9 Å². The predicted molar refractivity (Wildman–Crippen MR) is 115 cm³/mol. The van der Waals surface area contributed by atoms with Crippen molar-refractivity contribution in [3.05, 3.63) is 52.9 Å². The second-order valence-corrected chi connectivity index (χ2v) is 6.96. The lowest BCUT2D eigenvalue weighted by atomic mass is 10.1. The van der Waals surface area contributed by atoms with E-state index in [1.165, 1.54) is 0 Å². The van der Waals surface area contributed by atoms with Gasteiger partial charge >= 0.3 is 0 Å². The van der Waals surface area contributed by atoms with Crippen LogP contribution in [0, 0.1) is 6.92 Å². The van der Waals surface area contributed by atoms with Crippen LogP contribution < -0.4 is 14.8 Å². The molecule has 0 aliphatic rings. The van der Waals surface area contributed by atoms with E-state index in [0.29, 0.717) is 58.3 Å². The van der Waals surface area contributed by atoms with E-state index < -0.39 is 0 Å². The first-order valence-corrected chi connectivity index (χ1v) is 10.2. The number of nitrogens with zero attached hydrogens (tertiary/aromatic N) is 2. The fourth-order valence-electron chi connectivity index (χ4n) is 2.81. The van der Waals surface area contributed by atoms with Crippen LogP contribution >= 0.6 is 11.6 Å². The summed E-state index contributed by atoms with van der Waals surface area (Å²) in [6.07, 6.45) is 1.90. The molecule has 1 amide bonds. The molecule has 0 aliphatic carbocycles. The van der Waals surface area contributed by atoms with Gasteiger partial charge in [0.2, 0.25) is 11.7 Å². The number of hydrogen-bond acceptors (Lipinski definition) is 6. The van der Waals surface area contributed by atoms with Gasteiger partial charge in [0.25, 0.3) is 5.91 Å². The van der Waals surface area contributed by atoms with E-state index in [2.05, 4.69) is 22.4 Å². The zero-order valence-electron chi connectivity index (χ0n) is 17.2. The second kappa shape index (κ2) is 10.1. The highest BCUT2D eigenvalue weighted by Gasteiger charge is 2.18. The third-order valence-electron chi connectivity index (χ3n) is 4.26. The summed E-state index contributed by atoms with van der Waals surface area (Å²) in [6.45, 7) is 6.60. The van der Waals surface area contributed by atoms with Gasteiger partial charge in [-0.3, -0.25) is 4.79 Å². The Balaban J connectivity index is 1.87. The molecule has 1 N–H and O–H groups in total. The van der Waals surface area contributed by atoms with E-state index in [1.807, 2.05) is 25.1 Å². The zero-order chi connectivity index (χ0) is 21.5. The quantitative estimate of drug-likeness (QED) is 0.450. The molecule has 0 bridgehead atoms. The van der Waals surface area contributed by atoms with Gasteiger partial charge in [-0.25, -0.2) is 0 Å². The summed E-state index contributed by atoms with van der Waals surface area (Å²) >= 11 is 6.41. The van der Waals surface area contributed by atoms with Crippen LogP contribution in [0.15, 0.2) is 40.9 Å². The summed E-state index contributed by atoms with van der Waals surface area (Å²) in [7, 11) is 0. The number of anilines is 1. The third kappa shape index (κ3) is 5.10. The molecule has 0 radical (unpaired) electrons. The van der Waals surface area contributed by atoms with Crippen molar-refractivity contribution in [3.8, 4) is 22.9 Å². The van der Waals surface area contributed by atoms with E-state index in [0.717, 1.165) is 12.8 Å². The number of aromatic nitrogens is 2. The smallest absolute Gasteiger partial charge is 0.255 e. The Morgan fingerprint density at radius 3 is 2.70 bits per heavy atom. The zero-order valence-corrected chi connectivity index (χ0v) is 18.0. The molecule has 0 spiro atoms. The fourth-order valence-corrected chi connectivity index (χ4v) is 3.08. The maximum Gasteiger partial charge on any atom is 0.255 e. The van der Waals surface area contributed by atoms with E-state index >= 15 is 0 Å². The Morgan fingerprint density at radius 1 is 1.20 bits per heavy atom. The Kier molecular flexibility index (Phi) is 7.30. The Labute approximate surface area is 180 Å². The number of benzene rings is 2. The number of ether oxygens (including phenoxy) is 2. The molecule has 2 aromatic carbocycles. The number of aryl methyl sites for hydroxylation is 1. The van der Waals surface area contributed by atoms with Gasteiger partial charge in [-0.15, -0.1) is 0 Å². The highest BCUT2D eigenvalue weighted by Crippen LogP contribution is 2.37. The number of amides is 1. The SMILES string of the molecule is CCCCOc1c(Cl)cc(C(=O)Nc2ccccc2-c2noc(C)n2)cc1OCC. The van der Waals surface area contributed by atoms with Crippen LogP contribution in [0.5, 0.6) is 11.5 Å². The molecule has 0 saturated heterocycles. The van der Waals surface area contributed by atoms with E-state index in [9.17, 15) is 4.79 Å². The minimum Gasteiger partial charge on any atom is -0.490 e. The summed E-state index contributed by atoms with van der Waals surface area (Å²) in [5.41, 5.74) is 1.56. The van der Waals surface area contributed by atoms with Crippen molar-refractivity contribution in [2.75, 3.05) is 18.5 Å². The van der Waals surface area contributed by atoms with Gasteiger partial charge in [-0.05, 0) is 37.6 Å². The molecular formula is C22H24ClN3O4. The molecule has 7 nitrogen and oxygen atoms in total. The number of rotatable bonds is 9. The van der Waals surface area contributed by atoms with Crippen molar-refractivity contribution in [1.82, 2.24) is 10.1 Å². The average Bonchev–Trinajstić information content (AvgIpc) is 3.16. The van der Waals surface area contributed by atoms with Gasteiger partial charge in [0.05, 0.1) is 23.9 Å². The summed E-state index contributed by atoms with van der Waals surface area (Å²) in [5.74, 6) is 1.39. The van der Waals surface area contributed by atoms with Gasteiger partial charge in [0, 0.05) is 18.1 Å². The molecule has 1 heterocycles. The topological polar surface area (TPSA) is 86.5 Å². The lowest BCUT2D eigenvalue weighted by Gasteiger charge is -2.15. The first kappa shape index (κ1) is 21.6. The van der Waals surface area contributed by atoms with Gasteiger partial charge < -0.3 is 19.3 Å². The maximum absolute atomic E-state index is 13.0. The van der Waals surface area contributed by atoms with Crippen molar-refractivity contribution in [2.45, 2.75) is 33.6 Å². The number of carbonyl (C=O) groups excluding carboxylic acids is 1. The third-order valence-corrected chi connectivity index (χ3v) is 4.54. The van der Waals surface area contributed by atoms with Crippen LogP contribution in [0.4, 0.5) is 5.69 Å². The van der Waals surface area contributed by atoms with Gasteiger partial charge in [-0.2, -0.15) is 4.98 Å². The molecule has 30 heavy (non-hydrogen) atoms. The molecule has 0 unspecified atom stereocenters. The monoisotopic (exact) mass is 429 g/mol. The number of carbonyl (C=O) groups is 1. The van der Waals surface area contributed by atoms with Crippen molar-refractivity contribution in [3.63, 3.8) is 0 Å². The van der Waals surface area contributed by atoms with Gasteiger partial charge in [-0.1, -0.05) is 42.2 Å². The molecule has 3 aromatic rings. The van der Waals surface area contributed by atoms with Crippen LogP contribution in [0.2, 0.25) is 5.02 Å². The van der Waals surface area contributed by atoms with Crippen LogP contribution in [0.3, 0.4) is 0 Å². The van der Waals surface area contributed by atoms with Gasteiger partial charge in [0.1, 0.15) is 0 Å². The molecule has 8 heteroatoms. The molecular weight excluding hydrogens is 406 g/mol. The van der Waals surface area contributed by atoms with E-state index in [-0.39, 0.29) is 5.91 Å². The lowest BCUT2D eigenvalue weighted by Crippen LogP contribution is -2.13. The normalized spacial score (nSPS) is 10.7. The Bertz CT molecular complexity index is 1020. The van der Waals surface area contributed by atoms with Gasteiger partial charge in [0.15, 0.2) is 11.5 Å².